The number of ether oxygens (including phenoxy) is 1. The fourth-order valence-electron chi connectivity index (χ4n) is 1.50. The average molecular weight is 252 g/mol. The molecule has 0 aromatic heterocycles. The van der Waals surface area contributed by atoms with Crippen molar-refractivity contribution in [3.8, 4) is 5.75 Å². The van der Waals surface area contributed by atoms with Gasteiger partial charge in [0.2, 0.25) is 0 Å². The molecule has 0 aliphatic rings. The Morgan fingerprint density at radius 3 is 2.50 bits per heavy atom. The Morgan fingerprint density at radius 2 is 1.94 bits per heavy atom. The Hall–Kier alpha value is -1.59. The van der Waals surface area contributed by atoms with Crippen LogP contribution in [0.2, 0.25) is 0 Å². The normalized spacial score (nSPS) is 12.1. The van der Waals surface area contributed by atoms with Crippen LogP contribution in [0.5, 0.6) is 5.75 Å². The van der Waals surface area contributed by atoms with E-state index in [-0.39, 0.29) is 0 Å². The molecule has 0 heterocycles. The van der Waals surface area contributed by atoms with Crippen molar-refractivity contribution in [3.05, 3.63) is 29.8 Å². The van der Waals surface area contributed by atoms with Gasteiger partial charge in [-0.25, -0.2) is 0 Å². The lowest BCUT2D eigenvalue weighted by atomic mass is 10.1. The molecule has 1 aromatic rings. The van der Waals surface area contributed by atoms with Gasteiger partial charge in [-0.1, -0.05) is 12.1 Å². The quantitative estimate of drug-likeness (QED) is 0.593. The highest BCUT2D eigenvalue weighted by Crippen LogP contribution is 2.13. The highest BCUT2D eigenvalue weighted by atomic mass is 16.5. The summed E-state index contributed by atoms with van der Waals surface area (Å²) in [5, 5.41) is 8.70. The highest BCUT2D eigenvalue weighted by molar-refractivity contribution is 5.73. The van der Waals surface area contributed by atoms with E-state index in [9.17, 15) is 4.79 Å². The molecule has 5 nitrogen and oxygen atoms in total. The van der Waals surface area contributed by atoms with Crippen molar-refractivity contribution in [2.45, 2.75) is 25.3 Å². The Balaban J connectivity index is 2.40. The first-order valence-electron chi connectivity index (χ1n) is 6.03. The maximum atomic E-state index is 10.6. The van der Waals surface area contributed by atoms with Gasteiger partial charge < -0.3 is 21.3 Å². The number of unbranched alkanes of at least 4 members (excludes halogenated alkanes) is 1. The Morgan fingerprint density at radius 1 is 1.28 bits per heavy atom. The molecule has 18 heavy (non-hydrogen) atoms. The van der Waals surface area contributed by atoms with Crippen molar-refractivity contribution in [2.24, 2.45) is 11.5 Å². The van der Waals surface area contributed by atoms with Crippen molar-refractivity contribution < 1.29 is 14.6 Å². The summed E-state index contributed by atoms with van der Waals surface area (Å²) in [5.74, 6) is -0.211. The number of hydrogen-bond acceptors (Lipinski definition) is 4. The summed E-state index contributed by atoms with van der Waals surface area (Å²) in [7, 11) is 0. The molecular formula is C13H20N2O3. The van der Waals surface area contributed by atoms with Crippen molar-refractivity contribution in [1.29, 1.82) is 0 Å². The van der Waals surface area contributed by atoms with E-state index < -0.39 is 12.0 Å². The molecule has 0 amide bonds. The molecule has 1 rings (SSSR count). The van der Waals surface area contributed by atoms with E-state index in [1.54, 1.807) is 0 Å². The molecule has 1 atom stereocenters. The van der Waals surface area contributed by atoms with Crippen LogP contribution >= 0.6 is 0 Å². The zero-order valence-electron chi connectivity index (χ0n) is 10.3. The Labute approximate surface area is 107 Å². The maximum absolute atomic E-state index is 10.6. The van der Waals surface area contributed by atoms with E-state index in [0.29, 0.717) is 19.6 Å². The van der Waals surface area contributed by atoms with Gasteiger partial charge in [0.05, 0.1) is 6.61 Å². The third-order valence-corrected chi connectivity index (χ3v) is 2.56. The van der Waals surface area contributed by atoms with Gasteiger partial charge in [0.25, 0.3) is 0 Å². The number of carbonyl (C=O) groups is 1. The van der Waals surface area contributed by atoms with Crippen molar-refractivity contribution in [3.63, 3.8) is 0 Å². The molecule has 0 fully saturated rings. The number of nitrogens with two attached hydrogens (primary N) is 2. The van der Waals surface area contributed by atoms with Crippen LogP contribution in [-0.4, -0.2) is 30.3 Å². The minimum absolute atomic E-state index is 0.322. The van der Waals surface area contributed by atoms with Crippen molar-refractivity contribution in [1.82, 2.24) is 0 Å². The third kappa shape index (κ3) is 5.16. The van der Waals surface area contributed by atoms with Gasteiger partial charge in [-0.05, 0) is 43.5 Å². The first kappa shape index (κ1) is 14.5. The molecule has 1 unspecified atom stereocenters. The minimum Gasteiger partial charge on any atom is -0.494 e. The minimum atomic E-state index is -0.989. The molecule has 0 aliphatic heterocycles. The average Bonchev–Trinajstić information content (AvgIpc) is 2.36. The molecular weight excluding hydrogens is 232 g/mol. The molecule has 0 aliphatic carbocycles. The molecule has 0 saturated heterocycles. The van der Waals surface area contributed by atoms with Crippen molar-refractivity contribution >= 4 is 5.97 Å². The Bertz CT molecular complexity index is 365. The van der Waals surface area contributed by atoms with Gasteiger partial charge in [-0.3, -0.25) is 4.79 Å². The molecule has 0 spiro atoms. The van der Waals surface area contributed by atoms with E-state index in [4.69, 9.17) is 21.3 Å². The lowest BCUT2D eigenvalue weighted by molar-refractivity contribution is -0.138. The van der Waals surface area contributed by atoms with Crippen LogP contribution in [0.1, 0.15) is 18.4 Å². The van der Waals surface area contributed by atoms with Crippen LogP contribution in [0.25, 0.3) is 0 Å². The monoisotopic (exact) mass is 252 g/mol. The topological polar surface area (TPSA) is 98.6 Å². The van der Waals surface area contributed by atoms with Crippen molar-refractivity contribution in [2.75, 3.05) is 13.2 Å². The largest absolute Gasteiger partial charge is 0.494 e. The molecule has 1 aromatic carbocycles. The van der Waals surface area contributed by atoms with Gasteiger partial charge in [-0.2, -0.15) is 0 Å². The number of aliphatic carboxylic acids is 1. The van der Waals surface area contributed by atoms with Crippen LogP contribution in [-0.2, 0) is 11.2 Å². The summed E-state index contributed by atoms with van der Waals surface area (Å²) in [6.45, 7) is 1.32. The van der Waals surface area contributed by atoms with E-state index >= 15 is 0 Å². The van der Waals surface area contributed by atoms with Gasteiger partial charge in [0, 0.05) is 0 Å². The van der Waals surface area contributed by atoms with Gasteiger partial charge in [-0.15, -0.1) is 0 Å². The highest BCUT2D eigenvalue weighted by Gasteiger charge is 2.11. The number of hydrogen-bond donors (Lipinski definition) is 3. The number of rotatable bonds is 8. The van der Waals surface area contributed by atoms with E-state index in [2.05, 4.69) is 0 Å². The van der Waals surface area contributed by atoms with Gasteiger partial charge >= 0.3 is 5.97 Å². The zero-order chi connectivity index (χ0) is 13.4. The Kier molecular flexibility index (Phi) is 6.18. The number of benzene rings is 1. The fraction of sp³-hybridized carbons (Fsp3) is 0.462. The van der Waals surface area contributed by atoms with Crippen LogP contribution in [0, 0.1) is 0 Å². The van der Waals surface area contributed by atoms with Gasteiger partial charge in [0.1, 0.15) is 11.8 Å². The summed E-state index contributed by atoms with van der Waals surface area (Å²) in [5.41, 5.74) is 11.7. The fourth-order valence-corrected chi connectivity index (χ4v) is 1.50. The molecule has 0 saturated carbocycles. The smallest absolute Gasteiger partial charge is 0.320 e. The van der Waals surface area contributed by atoms with Crippen LogP contribution < -0.4 is 16.2 Å². The standard InChI is InChI=1S/C13H20N2O3/c14-7-1-2-8-18-11-5-3-10(4-6-11)9-12(15)13(16)17/h3-6,12H,1-2,7-9,14-15H2,(H,16,17). The summed E-state index contributed by atoms with van der Waals surface area (Å²) in [4.78, 5) is 10.6. The van der Waals surface area contributed by atoms with Crippen LogP contribution in [0.3, 0.4) is 0 Å². The molecule has 5 N–H and O–H groups in total. The summed E-state index contributed by atoms with van der Waals surface area (Å²) in [6, 6.07) is 6.46. The maximum Gasteiger partial charge on any atom is 0.320 e. The predicted molar refractivity (Wildman–Crippen MR) is 69.5 cm³/mol. The zero-order valence-corrected chi connectivity index (χ0v) is 10.3. The summed E-state index contributed by atoms with van der Waals surface area (Å²) in [6.07, 6.45) is 2.20. The SMILES string of the molecule is NCCCCOc1ccc(CC(N)C(=O)O)cc1. The predicted octanol–water partition coefficient (Wildman–Crippen LogP) is 0.759. The number of carboxylic acids is 1. The van der Waals surface area contributed by atoms with E-state index in [1.165, 1.54) is 0 Å². The molecule has 0 radical (unpaired) electrons. The first-order valence-corrected chi connectivity index (χ1v) is 6.03. The lowest BCUT2D eigenvalue weighted by Crippen LogP contribution is -2.32. The number of carboxylic acid groups (broad SMARTS) is 1. The van der Waals surface area contributed by atoms with E-state index in [1.807, 2.05) is 24.3 Å². The third-order valence-electron chi connectivity index (χ3n) is 2.56. The van der Waals surface area contributed by atoms with Crippen LogP contribution in [0.15, 0.2) is 24.3 Å². The molecule has 100 valence electrons. The summed E-state index contributed by atoms with van der Waals surface area (Å²) < 4.78 is 5.51. The second-order valence-electron chi connectivity index (χ2n) is 4.14. The second kappa shape index (κ2) is 7.68. The van der Waals surface area contributed by atoms with Gasteiger partial charge in [0.15, 0.2) is 0 Å². The summed E-state index contributed by atoms with van der Waals surface area (Å²) >= 11 is 0. The second-order valence-corrected chi connectivity index (χ2v) is 4.14. The first-order chi connectivity index (χ1) is 8.63. The molecule has 5 heteroatoms. The van der Waals surface area contributed by atoms with E-state index in [0.717, 1.165) is 24.2 Å². The molecule has 0 bridgehead atoms. The lowest BCUT2D eigenvalue weighted by Gasteiger charge is -2.08. The van der Waals surface area contributed by atoms with Crippen LogP contribution in [0.4, 0.5) is 0 Å².